The second kappa shape index (κ2) is 33.5. The highest BCUT2D eigenvalue weighted by atomic mass is 35.6. The fraction of sp³-hybridized carbons (Fsp3) is 0.525. The van der Waals surface area contributed by atoms with E-state index in [1.54, 1.807) is 121 Å². The number of hydrogen-bond donors (Lipinski definition) is 3. The third-order valence-electron chi connectivity index (χ3n) is 14.5. The molecule has 2 fully saturated rings. The molecule has 10 atom stereocenters. The molecule has 4 aromatic carbocycles. The van der Waals surface area contributed by atoms with E-state index in [1.807, 2.05) is 0 Å². The maximum atomic E-state index is 14.6. The van der Waals surface area contributed by atoms with Gasteiger partial charge in [0.2, 0.25) is 0 Å². The molecule has 536 valence electrons. The number of aliphatic hydroxyl groups excluding tert-OH is 1. The van der Waals surface area contributed by atoms with Crippen LogP contribution in [0.25, 0.3) is 0 Å². The van der Waals surface area contributed by atoms with Crippen LogP contribution in [0.15, 0.2) is 133 Å². The minimum atomic E-state index is -8.76. The van der Waals surface area contributed by atoms with Gasteiger partial charge in [0, 0.05) is 13.0 Å². The van der Waals surface area contributed by atoms with Crippen molar-refractivity contribution in [1.82, 2.24) is 10.6 Å². The average molecular weight is 1520 g/mol. The molecule has 96 heavy (non-hydrogen) atoms. The van der Waals surface area contributed by atoms with Crippen LogP contribution in [0.5, 0.6) is 0 Å². The third kappa shape index (κ3) is 19.4. The van der Waals surface area contributed by atoms with E-state index in [0.29, 0.717) is 22.3 Å². The first-order valence-corrected chi connectivity index (χ1v) is 30.4. The molecule has 6 rings (SSSR count). The van der Waals surface area contributed by atoms with Gasteiger partial charge in [-0.3, -0.25) is 9.59 Å². The quantitative estimate of drug-likeness (QED) is 0.0179. The van der Waals surface area contributed by atoms with Crippen molar-refractivity contribution in [2.45, 2.75) is 156 Å². The van der Waals surface area contributed by atoms with Crippen LogP contribution in [-0.2, 0) is 78.6 Å². The van der Waals surface area contributed by atoms with E-state index in [4.69, 9.17) is 112 Å². The van der Waals surface area contributed by atoms with Crippen LogP contribution < -0.4 is 10.6 Å². The van der Waals surface area contributed by atoms with Crippen LogP contribution in [0.4, 0.5) is 74.6 Å². The summed E-state index contributed by atoms with van der Waals surface area (Å²) in [6, 6.07) is 31.3. The number of ether oxygens (including phenoxy) is 9. The number of amides is 2. The lowest BCUT2D eigenvalue weighted by Crippen LogP contribution is -2.74. The van der Waals surface area contributed by atoms with Gasteiger partial charge in [0.15, 0.2) is 12.6 Å². The summed E-state index contributed by atoms with van der Waals surface area (Å²) in [6.45, 7) is -4.66. The number of benzene rings is 4. The molecule has 0 spiro atoms. The van der Waals surface area contributed by atoms with Gasteiger partial charge in [0.05, 0.1) is 52.9 Å². The van der Waals surface area contributed by atoms with Gasteiger partial charge in [0.25, 0.3) is 19.4 Å². The van der Waals surface area contributed by atoms with Crippen LogP contribution in [0.1, 0.15) is 35.1 Å². The van der Waals surface area contributed by atoms with E-state index >= 15 is 0 Å². The molecule has 2 aliphatic heterocycles. The van der Waals surface area contributed by atoms with E-state index in [9.17, 15) is 89.3 Å². The maximum absolute atomic E-state index is 14.6. The van der Waals surface area contributed by atoms with Crippen molar-refractivity contribution in [1.29, 1.82) is 0 Å². The first-order valence-electron chi connectivity index (χ1n) is 28.1. The molecule has 2 amide bonds. The molecule has 2 aliphatic rings. The molecule has 2 saturated heterocycles. The van der Waals surface area contributed by atoms with Gasteiger partial charge in [0.1, 0.15) is 48.7 Å². The number of rotatable bonds is 33. The van der Waals surface area contributed by atoms with Crippen molar-refractivity contribution in [2.75, 3.05) is 33.0 Å². The molecule has 0 radical (unpaired) electrons. The normalized spacial score (nSPS) is 23.1. The Balaban J connectivity index is 1.28. The average Bonchev–Trinajstić information content (AvgIpc) is 0.697. The summed E-state index contributed by atoms with van der Waals surface area (Å²) in [4.78, 5) is 27.4. The number of halogens is 23. The summed E-state index contributed by atoms with van der Waals surface area (Å²) in [5, 5.41) is 16.1. The van der Waals surface area contributed by atoms with E-state index in [2.05, 4.69) is 10.6 Å². The summed E-state index contributed by atoms with van der Waals surface area (Å²) in [7, 11) is 0. The zero-order valence-electron chi connectivity index (χ0n) is 48.9. The van der Waals surface area contributed by atoms with Crippen molar-refractivity contribution < 1.29 is 132 Å². The molecule has 4 aromatic rings. The Bertz CT molecular complexity index is 3100. The van der Waals surface area contributed by atoms with Crippen LogP contribution in [0.2, 0.25) is 0 Å². The van der Waals surface area contributed by atoms with Gasteiger partial charge in [-0.15, -0.1) is 0 Å². The minimum absolute atomic E-state index is 0.0774. The van der Waals surface area contributed by atoms with Crippen molar-refractivity contribution >= 4 is 81.4 Å². The first-order chi connectivity index (χ1) is 44.6. The van der Waals surface area contributed by atoms with Crippen LogP contribution >= 0.6 is 69.6 Å². The van der Waals surface area contributed by atoms with E-state index < -0.39 is 174 Å². The lowest BCUT2D eigenvalue weighted by molar-refractivity contribution is -0.461. The molecule has 0 aromatic heterocycles. The summed E-state index contributed by atoms with van der Waals surface area (Å²) in [5.74, 6) is -59.8. The number of nitrogens with one attached hydrogen (secondary N) is 2. The fourth-order valence-corrected chi connectivity index (χ4v) is 9.72. The Morgan fingerprint density at radius 2 is 0.771 bits per heavy atom. The summed E-state index contributed by atoms with van der Waals surface area (Å²) >= 11 is 36.5. The smallest absolute Gasteiger partial charge is 0.394 e. The number of hydrogen-bond acceptors (Lipinski definition) is 12. The minimum Gasteiger partial charge on any atom is -0.394 e. The van der Waals surface area contributed by atoms with Crippen LogP contribution in [0.3, 0.4) is 0 Å². The topological polar surface area (TPSA) is 162 Å². The summed E-state index contributed by atoms with van der Waals surface area (Å²) < 4.78 is 286. The molecule has 0 aliphatic carbocycles. The number of alkyl halides is 23. The Labute approximate surface area is 566 Å². The van der Waals surface area contributed by atoms with E-state index in [0.717, 1.165) is 12.2 Å². The largest absolute Gasteiger partial charge is 0.460 e. The Kier molecular flexibility index (Phi) is 28.1. The Morgan fingerprint density at radius 1 is 0.438 bits per heavy atom. The van der Waals surface area contributed by atoms with Crippen molar-refractivity contribution in [2.24, 2.45) is 0 Å². The first kappa shape index (κ1) is 80.7. The number of carbonyl (C=O) groups excluding carboxylic acids is 2. The van der Waals surface area contributed by atoms with Gasteiger partial charge in [-0.05, 0) is 28.7 Å². The Morgan fingerprint density at radius 3 is 1.15 bits per heavy atom. The SMILES string of the molecule is O=C(N[C@H]1[C@H](OC[C@H]2O[C@@H](OC/C=C\COCCCC(F)(F)C(F)(F)C(F)(F)C(F)(F)C(F)(F)C(F)(F)C(F)(F)C(F)(F)F)[C@H](NC(=O)C(Cl)(Cl)Cl)[C@@H](OCc3ccccc3)[C@@H]2OCc2ccccc2)O[C@H](CO)[C@@H](OCc2ccccc2)[C@@H]1OCc1ccccc1)C(Cl)(Cl)Cl. The predicted molar refractivity (Wildman–Crippen MR) is 311 cm³/mol. The molecular weight excluding hydrogens is 1460 g/mol. The number of carbonyl (C=O) groups is 2. The van der Waals surface area contributed by atoms with E-state index in [1.165, 1.54) is 0 Å². The molecular formula is C59H57Cl6F17N2O12. The fourth-order valence-electron chi connectivity index (χ4n) is 9.39. The van der Waals surface area contributed by atoms with Gasteiger partial charge in [-0.1, -0.05) is 203 Å². The molecule has 3 N–H and O–H groups in total. The van der Waals surface area contributed by atoms with Crippen molar-refractivity contribution in [3.8, 4) is 0 Å². The molecule has 0 unspecified atom stereocenters. The van der Waals surface area contributed by atoms with Crippen molar-refractivity contribution in [3.05, 3.63) is 156 Å². The lowest BCUT2D eigenvalue weighted by Gasteiger charge is -2.48. The van der Waals surface area contributed by atoms with Crippen molar-refractivity contribution in [3.63, 3.8) is 0 Å². The molecule has 37 heteroatoms. The van der Waals surface area contributed by atoms with Gasteiger partial charge in [-0.25, -0.2) is 0 Å². The molecule has 14 nitrogen and oxygen atoms in total. The highest BCUT2D eigenvalue weighted by molar-refractivity contribution is 6.76. The van der Waals surface area contributed by atoms with Gasteiger partial charge in [-0.2, -0.15) is 74.6 Å². The van der Waals surface area contributed by atoms with Crippen LogP contribution in [-0.4, -0.2) is 166 Å². The lowest BCUT2D eigenvalue weighted by atomic mass is 9.88. The predicted octanol–water partition coefficient (Wildman–Crippen LogP) is 13.9. The monoisotopic (exact) mass is 1520 g/mol. The summed E-state index contributed by atoms with van der Waals surface area (Å²) in [5.41, 5.74) is 2.45. The second-order valence-electron chi connectivity index (χ2n) is 21.3. The highest BCUT2D eigenvalue weighted by Crippen LogP contribution is 2.64. The third-order valence-corrected chi connectivity index (χ3v) is 15.5. The van der Waals surface area contributed by atoms with E-state index in [-0.39, 0.29) is 26.4 Å². The zero-order valence-corrected chi connectivity index (χ0v) is 53.4. The summed E-state index contributed by atoms with van der Waals surface area (Å²) in [6.07, 6.45) is -21.6. The maximum Gasteiger partial charge on any atom is 0.460 e. The Hall–Kier alpha value is -4.29. The molecule has 0 saturated carbocycles. The molecule has 2 heterocycles. The van der Waals surface area contributed by atoms with Gasteiger partial charge >= 0.3 is 47.6 Å². The molecule has 0 bridgehead atoms. The van der Waals surface area contributed by atoms with Gasteiger partial charge < -0.3 is 58.4 Å². The van der Waals surface area contributed by atoms with Crippen LogP contribution in [0, 0.1) is 0 Å². The second-order valence-corrected chi connectivity index (χ2v) is 25.8. The zero-order chi connectivity index (χ0) is 71.4. The number of aliphatic hydroxyl groups is 1. The highest BCUT2D eigenvalue weighted by Gasteiger charge is 2.95. The standard InChI is InChI=1S/C59H57Cl6F17N2O12/c60-51(61,62)48(86)83-40-45(93-32-37-22-11-4-12-23-37)43(91-30-35-18-7-2-8-19-35)39(33-94-47-41(84-49(87)52(63,64)65)44(92-31-36-20-9-3-10-21-36)42(38(28-85)95-47)90-29-34-16-5-1-6-17-34)96-46(40)89-27-14-13-25-88-26-15-24-50(66,67)53(68,69)54(70,71)55(72,73)56(74,75)57(76,77)58(78,79)59(80,81)82/h1-14,16-23,38-47,85H,15,24-33H2,(H,83,86)(H,84,87)/b14-13-/t38-,39-,40-,41-,42-,43-,44-,45-,46-,47-/m1/s1.